The molecule has 0 spiro atoms. The predicted octanol–water partition coefficient (Wildman–Crippen LogP) is 4.71. The highest BCUT2D eigenvalue weighted by Crippen LogP contribution is 2.31. The molecule has 0 atom stereocenters. The summed E-state index contributed by atoms with van der Waals surface area (Å²) in [5.74, 6) is 1.73. The molecule has 2 rings (SSSR count). The molecule has 0 radical (unpaired) electrons. The van der Waals surface area contributed by atoms with E-state index in [2.05, 4.69) is 24.9 Å². The Bertz CT molecular complexity index is 621. The first kappa shape index (κ1) is 15.1. The van der Waals surface area contributed by atoms with Gasteiger partial charge in [0.1, 0.15) is 11.5 Å². The molecule has 0 aliphatic rings. The second-order valence-corrected chi connectivity index (χ2v) is 5.14. The fraction of sp³-hybridized carbons (Fsp3) is 0.278. The number of benzene rings is 2. The normalized spacial score (nSPS) is 10.9. The average Bonchev–Trinajstić information content (AvgIpc) is 2.50. The van der Waals surface area contributed by atoms with Crippen molar-refractivity contribution in [3.63, 3.8) is 0 Å². The number of hydrogen-bond donors (Lipinski definition) is 0. The van der Waals surface area contributed by atoms with Crippen molar-refractivity contribution in [1.82, 2.24) is 4.90 Å². The summed E-state index contributed by atoms with van der Waals surface area (Å²) in [5.41, 5.74) is 3.16. The van der Waals surface area contributed by atoms with Gasteiger partial charge in [-0.15, -0.1) is 0 Å². The fourth-order valence-electron chi connectivity index (χ4n) is 1.88. The van der Waals surface area contributed by atoms with Crippen LogP contribution in [0.1, 0.15) is 18.1 Å². The van der Waals surface area contributed by atoms with E-state index in [1.54, 1.807) is 0 Å². The van der Waals surface area contributed by atoms with Gasteiger partial charge in [-0.1, -0.05) is 18.2 Å². The van der Waals surface area contributed by atoms with Crippen LogP contribution < -0.4 is 4.74 Å². The Morgan fingerprint density at radius 1 is 1.10 bits per heavy atom. The van der Waals surface area contributed by atoms with Gasteiger partial charge >= 0.3 is 0 Å². The third-order valence-corrected chi connectivity index (χ3v) is 3.36. The van der Waals surface area contributed by atoms with Gasteiger partial charge in [0.2, 0.25) is 0 Å². The Balaban J connectivity index is 2.23. The van der Waals surface area contributed by atoms with Gasteiger partial charge in [0.15, 0.2) is 0 Å². The van der Waals surface area contributed by atoms with E-state index in [4.69, 9.17) is 4.74 Å². The maximum Gasteiger partial charge on any atom is 0.130 e. The monoisotopic (exact) mass is 282 g/mol. The van der Waals surface area contributed by atoms with Crippen molar-refractivity contribution in [1.29, 1.82) is 0 Å². The van der Waals surface area contributed by atoms with Gasteiger partial charge in [-0.3, -0.25) is 0 Å². The van der Waals surface area contributed by atoms with E-state index in [0.29, 0.717) is 0 Å². The number of ether oxygens (including phenoxy) is 1. The molecule has 0 heterocycles. The van der Waals surface area contributed by atoms with E-state index in [9.17, 15) is 0 Å². The molecule has 0 saturated heterocycles. The van der Waals surface area contributed by atoms with Gasteiger partial charge in [-0.25, -0.2) is 4.99 Å². The van der Waals surface area contributed by atoms with Crippen molar-refractivity contribution >= 4 is 12.0 Å². The molecule has 0 saturated carbocycles. The number of rotatable bonds is 5. The zero-order valence-electron chi connectivity index (χ0n) is 13.1. The number of aryl methyl sites for hydroxylation is 2. The Morgan fingerprint density at radius 2 is 1.81 bits per heavy atom. The summed E-state index contributed by atoms with van der Waals surface area (Å²) in [4.78, 5) is 6.58. The quantitative estimate of drug-likeness (QED) is 0.586. The van der Waals surface area contributed by atoms with E-state index < -0.39 is 0 Å². The summed E-state index contributed by atoms with van der Waals surface area (Å²) in [6, 6.07) is 13.9. The molecule has 0 fully saturated rings. The standard InChI is InChI=1S/C18H22N2O/c1-5-20(4)13-19-17-11-15(3)18(12-14(17)2)21-16-9-7-6-8-10-16/h6-13H,5H2,1-4H3/b19-13-. The molecule has 0 bridgehead atoms. The smallest absolute Gasteiger partial charge is 0.130 e. The number of hydrogen-bond acceptors (Lipinski definition) is 2. The lowest BCUT2D eigenvalue weighted by atomic mass is 10.1. The molecule has 0 aliphatic carbocycles. The molecule has 0 aromatic heterocycles. The van der Waals surface area contributed by atoms with Crippen molar-refractivity contribution in [3.8, 4) is 11.5 Å². The maximum absolute atomic E-state index is 5.93. The van der Waals surface area contributed by atoms with Crippen LogP contribution in [0.2, 0.25) is 0 Å². The van der Waals surface area contributed by atoms with Gasteiger partial charge in [0, 0.05) is 13.6 Å². The molecule has 0 amide bonds. The summed E-state index contributed by atoms with van der Waals surface area (Å²) in [6.07, 6.45) is 1.86. The summed E-state index contributed by atoms with van der Waals surface area (Å²) in [6.45, 7) is 7.13. The van der Waals surface area contributed by atoms with Crippen LogP contribution in [0.4, 0.5) is 5.69 Å². The third kappa shape index (κ3) is 4.09. The van der Waals surface area contributed by atoms with Crippen molar-refractivity contribution in [2.24, 2.45) is 4.99 Å². The first-order valence-electron chi connectivity index (χ1n) is 7.18. The van der Waals surface area contributed by atoms with E-state index in [0.717, 1.165) is 34.9 Å². The van der Waals surface area contributed by atoms with Gasteiger partial charge in [-0.05, 0) is 56.2 Å². The highest BCUT2D eigenvalue weighted by atomic mass is 16.5. The lowest BCUT2D eigenvalue weighted by Gasteiger charge is -2.12. The van der Waals surface area contributed by atoms with Crippen LogP contribution in [0.15, 0.2) is 47.5 Å². The second kappa shape index (κ2) is 6.93. The van der Waals surface area contributed by atoms with Crippen molar-refractivity contribution in [2.45, 2.75) is 20.8 Å². The first-order valence-corrected chi connectivity index (χ1v) is 7.18. The maximum atomic E-state index is 5.93. The molecule has 110 valence electrons. The summed E-state index contributed by atoms with van der Waals surface area (Å²) in [7, 11) is 2.01. The lowest BCUT2D eigenvalue weighted by Crippen LogP contribution is -2.14. The van der Waals surface area contributed by atoms with Crippen LogP contribution in [-0.2, 0) is 0 Å². The van der Waals surface area contributed by atoms with Crippen LogP contribution in [-0.4, -0.2) is 24.8 Å². The molecule has 0 aliphatic heterocycles. The van der Waals surface area contributed by atoms with Crippen molar-refractivity contribution < 1.29 is 4.74 Å². The van der Waals surface area contributed by atoms with Crippen molar-refractivity contribution in [3.05, 3.63) is 53.6 Å². The average molecular weight is 282 g/mol. The zero-order chi connectivity index (χ0) is 15.2. The van der Waals surface area contributed by atoms with E-state index in [1.165, 1.54) is 0 Å². The highest BCUT2D eigenvalue weighted by molar-refractivity contribution is 5.64. The highest BCUT2D eigenvalue weighted by Gasteiger charge is 2.06. The van der Waals surface area contributed by atoms with Gasteiger partial charge in [0.05, 0.1) is 12.0 Å². The number of para-hydroxylation sites is 1. The van der Waals surface area contributed by atoms with Crippen LogP contribution in [0.3, 0.4) is 0 Å². The summed E-state index contributed by atoms with van der Waals surface area (Å²) < 4.78 is 5.93. The molecule has 3 nitrogen and oxygen atoms in total. The molecular weight excluding hydrogens is 260 g/mol. The van der Waals surface area contributed by atoms with Crippen LogP contribution in [0, 0.1) is 13.8 Å². The lowest BCUT2D eigenvalue weighted by molar-refractivity contribution is 0.478. The summed E-state index contributed by atoms with van der Waals surface area (Å²) in [5, 5.41) is 0. The first-order chi connectivity index (χ1) is 10.1. The zero-order valence-corrected chi connectivity index (χ0v) is 13.1. The van der Waals surface area contributed by atoms with Crippen LogP contribution >= 0.6 is 0 Å². The molecule has 0 unspecified atom stereocenters. The van der Waals surface area contributed by atoms with E-state index >= 15 is 0 Å². The fourth-order valence-corrected chi connectivity index (χ4v) is 1.88. The molecule has 3 heteroatoms. The SMILES string of the molecule is CCN(C)/C=N\c1cc(C)c(Oc2ccccc2)cc1C. The minimum Gasteiger partial charge on any atom is -0.457 e. The Morgan fingerprint density at radius 3 is 2.48 bits per heavy atom. The topological polar surface area (TPSA) is 24.8 Å². The Labute approximate surface area is 126 Å². The Hall–Kier alpha value is -2.29. The molecule has 21 heavy (non-hydrogen) atoms. The molecule has 2 aromatic rings. The minimum atomic E-state index is 0.849. The predicted molar refractivity (Wildman–Crippen MR) is 88.9 cm³/mol. The van der Waals surface area contributed by atoms with Crippen LogP contribution in [0.25, 0.3) is 0 Å². The van der Waals surface area contributed by atoms with Gasteiger partial charge < -0.3 is 9.64 Å². The minimum absolute atomic E-state index is 0.849. The van der Waals surface area contributed by atoms with E-state index in [-0.39, 0.29) is 0 Å². The molecular formula is C18H22N2O. The van der Waals surface area contributed by atoms with Gasteiger partial charge in [0.25, 0.3) is 0 Å². The molecule has 0 N–H and O–H groups in total. The van der Waals surface area contributed by atoms with Gasteiger partial charge in [-0.2, -0.15) is 0 Å². The van der Waals surface area contributed by atoms with Crippen molar-refractivity contribution in [2.75, 3.05) is 13.6 Å². The van der Waals surface area contributed by atoms with Crippen LogP contribution in [0.5, 0.6) is 11.5 Å². The number of nitrogens with zero attached hydrogens (tertiary/aromatic N) is 2. The van der Waals surface area contributed by atoms with E-state index in [1.807, 2.05) is 61.6 Å². The summed E-state index contributed by atoms with van der Waals surface area (Å²) >= 11 is 0. The Kier molecular flexibility index (Phi) is 4.99. The molecule has 2 aromatic carbocycles. The third-order valence-electron chi connectivity index (χ3n) is 3.36. The second-order valence-electron chi connectivity index (χ2n) is 5.14. The largest absolute Gasteiger partial charge is 0.457 e. The number of aliphatic imine (C=N–C) groups is 1.